The molecule has 1 aliphatic heterocycles. The Balaban J connectivity index is 2.15. The molecular weight excluding hydrogens is 176 g/mol. The van der Waals surface area contributed by atoms with Gasteiger partial charge in [-0.3, -0.25) is 0 Å². The van der Waals surface area contributed by atoms with Crippen LogP contribution in [0.5, 0.6) is 5.75 Å². The van der Waals surface area contributed by atoms with Crippen molar-refractivity contribution in [3.63, 3.8) is 0 Å². The number of ether oxygens (including phenoxy) is 2. The van der Waals surface area contributed by atoms with Gasteiger partial charge in [0, 0.05) is 0 Å². The summed E-state index contributed by atoms with van der Waals surface area (Å²) in [5, 5.41) is 0. The lowest BCUT2D eigenvalue weighted by atomic mass is 10.1. The first-order valence-corrected chi connectivity index (χ1v) is 4.82. The number of methoxy groups -OCH3 is 1. The second kappa shape index (κ2) is 4.29. The van der Waals surface area contributed by atoms with Gasteiger partial charge >= 0.3 is 0 Å². The van der Waals surface area contributed by atoms with Gasteiger partial charge < -0.3 is 9.47 Å². The van der Waals surface area contributed by atoms with Gasteiger partial charge in [-0.05, 0) is 24.1 Å². The summed E-state index contributed by atoms with van der Waals surface area (Å²) < 4.78 is 10.7. The molecule has 74 valence electrons. The minimum Gasteiger partial charge on any atom is -0.497 e. The molecular formula is C12H14O2. The van der Waals surface area contributed by atoms with Gasteiger partial charge in [0.15, 0.2) is 0 Å². The van der Waals surface area contributed by atoms with Crippen molar-refractivity contribution in [3.8, 4) is 5.75 Å². The minimum absolute atomic E-state index is 0.120. The molecule has 2 heteroatoms. The molecule has 14 heavy (non-hydrogen) atoms. The highest BCUT2D eigenvalue weighted by molar-refractivity contribution is 5.30. The van der Waals surface area contributed by atoms with Crippen LogP contribution in [-0.2, 0) is 4.74 Å². The van der Waals surface area contributed by atoms with Crippen LogP contribution in [0.3, 0.4) is 0 Å². The van der Waals surface area contributed by atoms with Gasteiger partial charge in [0.1, 0.15) is 11.9 Å². The molecule has 0 radical (unpaired) electrons. The molecule has 2 nitrogen and oxygen atoms in total. The van der Waals surface area contributed by atoms with Crippen molar-refractivity contribution in [1.82, 2.24) is 0 Å². The molecule has 1 aromatic rings. The van der Waals surface area contributed by atoms with Crippen molar-refractivity contribution >= 4 is 0 Å². The summed E-state index contributed by atoms with van der Waals surface area (Å²) in [5.41, 5.74) is 1.18. The van der Waals surface area contributed by atoms with Crippen LogP contribution in [0, 0.1) is 0 Å². The number of rotatable bonds is 2. The third-order valence-corrected chi connectivity index (χ3v) is 2.34. The lowest BCUT2D eigenvalue weighted by Crippen LogP contribution is -2.06. The van der Waals surface area contributed by atoms with Crippen LogP contribution >= 0.6 is 0 Å². The van der Waals surface area contributed by atoms with E-state index in [1.54, 1.807) is 7.11 Å². The third kappa shape index (κ3) is 1.96. The predicted molar refractivity (Wildman–Crippen MR) is 55.4 cm³/mol. The highest BCUT2D eigenvalue weighted by Crippen LogP contribution is 2.24. The van der Waals surface area contributed by atoms with Crippen LogP contribution in [0.2, 0.25) is 0 Å². The lowest BCUT2D eigenvalue weighted by molar-refractivity contribution is 0.0800. The Labute approximate surface area is 84.2 Å². The first-order valence-electron chi connectivity index (χ1n) is 4.82. The summed E-state index contributed by atoms with van der Waals surface area (Å²) in [6, 6.07) is 8.00. The standard InChI is InChI=1S/C12H14O2/c1-13-11-7-5-10(6-8-11)12-4-2-3-9-14-12/h2,4-8,12H,3,9H2,1H3/t12-/m1/s1. The van der Waals surface area contributed by atoms with E-state index in [1.165, 1.54) is 5.56 Å². The highest BCUT2D eigenvalue weighted by Gasteiger charge is 2.10. The van der Waals surface area contributed by atoms with Crippen LogP contribution in [0.25, 0.3) is 0 Å². The fourth-order valence-electron chi connectivity index (χ4n) is 1.54. The molecule has 0 unspecified atom stereocenters. The maximum absolute atomic E-state index is 5.61. The number of benzene rings is 1. The van der Waals surface area contributed by atoms with Crippen LogP contribution in [0.4, 0.5) is 0 Å². The molecule has 0 aliphatic carbocycles. The van der Waals surface area contributed by atoms with Crippen LogP contribution in [-0.4, -0.2) is 13.7 Å². The van der Waals surface area contributed by atoms with Crippen LogP contribution < -0.4 is 4.74 Å². The van der Waals surface area contributed by atoms with Crippen molar-refractivity contribution < 1.29 is 9.47 Å². The van der Waals surface area contributed by atoms with Gasteiger partial charge in [0.25, 0.3) is 0 Å². The zero-order valence-electron chi connectivity index (χ0n) is 8.27. The molecule has 0 saturated carbocycles. The van der Waals surface area contributed by atoms with Crippen molar-refractivity contribution in [2.45, 2.75) is 12.5 Å². The van der Waals surface area contributed by atoms with Gasteiger partial charge in [-0.25, -0.2) is 0 Å². The monoisotopic (exact) mass is 190 g/mol. The Bertz CT molecular complexity index is 314. The second-order valence-corrected chi connectivity index (χ2v) is 3.28. The minimum atomic E-state index is 0.120. The molecule has 0 saturated heterocycles. The quantitative estimate of drug-likeness (QED) is 0.667. The number of hydrogen-bond acceptors (Lipinski definition) is 2. The maximum atomic E-state index is 5.61. The van der Waals surface area contributed by atoms with E-state index in [-0.39, 0.29) is 6.10 Å². The average molecular weight is 190 g/mol. The van der Waals surface area contributed by atoms with E-state index in [4.69, 9.17) is 9.47 Å². The van der Waals surface area contributed by atoms with E-state index in [1.807, 2.05) is 24.3 Å². The summed E-state index contributed by atoms with van der Waals surface area (Å²) >= 11 is 0. The summed E-state index contributed by atoms with van der Waals surface area (Å²) in [6.07, 6.45) is 5.41. The lowest BCUT2D eigenvalue weighted by Gasteiger charge is -2.17. The van der Waals surface area contributed by atoms with Crippen molar-refractivity contribution in [1.29, 1.82) is 0 Å². The molecule has 0 amide bonds. The van der Waals surface area contributed by atoms with Crippen LogP contribution in [0.1, 0.15) is 18.1 Å². The Hall–Kier alpha value is -1.28. The molecule has 1 aromatic carbocycles. The Morgan fingerprint density at radius 1 is 1.29 bits per heavy atom. The van der Waals surface area contributed by atoms with Crippen molar-refractivity contribution in [3.05, 3.63) is 42.0 Å². The molecule has 0 N–H and O–H groups in total. The van der Waals surface area contributed by atoms with E-state index in [0.29, 0.717) is 0 Å². The van der Waals surface area contributed by atoms with Gasteiger partial charge in [0.05, 0.1) is 13.7 Å². The van der Waals surface area contributed by atoms with Gasteiger partial charge in [-0.1, -0.05) is 24.3 Å². The Kier molecular flexibility index (Phi) is 2.84. The summed E-state index contributed by atoms with van der Waals surface area (Å²) in [7, 11) is 1.67. The Morgan fingerprint density at radius 3 is 2.64 bits per heavy atom. The molecule has 1 aliphatic rings. The van der Waals surface area contributed by atoms with E-state index in [0.717, 1.165) is 18.8 Å². The zero-order chi connectivity index (χ0) is 9.80. The molecule has 0 aromatic heterocycles. The number of hydrogen-bond donors (Lipinski definition) is 0. The van der Waals surface area contributed by atoms with Crippen LogP contribution in [0.15, 0.2) is 36.4 Å². The average Bonchev–Trinajstić information content (AvgIpc) is 2.30. The first-order chi connectivity index (χ1) is 6.90. The summed E-state index contributed by atoms with van der Waals surface area (Å²) in [4.78, 5) is 0. The molecule has 1 heterocycles. The molecule has 0 fully saturated rings. The first kappa shape index (κ1) is 9.28. The summed E-state index contributed by atoms with van der Waals surface area (Å²) in [5.74, 6) is 0.883. The van der Waals surface area contributed by atoms with Gasteiger partial charge in [-0.2, -0.15) is 0 Å². The van der Waals surface area contributed by atoms with E-state index in [9.17, 15) is 0 Å². The van der Waals surface area contributed by atoms with Gasteiger partial charge in [0.2, 0.25) is 0 Å². The van der Waals surface area contributed by atoms with Gasteiger partial charge in [-0.15, -0.1) is 0 Å². The van der Waals surface area contributed by atoms with E-state index < -0.39 is 0 Å². The smallest absolute Gasteiger partial charge is 0.118 e. The molecule has 1 atom stereocenters. The maximum Gasteiger partial charge on any atom is 0.118 e. The van der Waals surface area contributed by atoms with Crippen molar-refractivity contribution in [2.24, 2.45) is 0 Å². The highest BCUT2D eigenvalue weighted by atomic mass is 16.5. The van der Waals surface area contributed by atoms with E-state index >= 15 is 0 Å². The summed E-state index contributed by atoms with van der Waals surface area (Å²) in [6.45, 7) is 0.813. The fourth-order valence-corrected chi connectivity index (χ4v) is 1.54. The largest absolute Gasteiger partial charge is 0.497 e. The Morgan fingerprint density at radius 2 is 2.07 bits per heavy atom. The fraction of sp³-hybridized carbons (Fsp3) is 0.333. The molecule has 0 bridgehead atoms. The predicted octanol–water partition coefficient (Wildman–Crippen LogP) is 2.71. The van der Waals surface area contributed by atoms with Crippen molar-refractivity contribution in [2.75, 3.05) is 13.7 Å². The topological polar surface area (TPSA) is 18.5 Å². The second-order valence-electron chi connectivity index (χ2n) is 3.28. The third-order valence-electron chi connectivity index (χ3n) is 2.34. The zero-order valence-corrected chi connectivity index (χ0v) is 8.27. The molecule has 0 spiro atoms. The van der Waals surface area contributed by atoms with E-state index in [2.05, 4.69) is 12.2 Å². The molecule has 2 rings (SSSR count). The normalized spacial score (nSPS) is 20.8. The SMILES string of the molecule is COc1ccc([C@H]2C=CCCO2)cc1.